The number of hydrogen-bond donors (Lipinski definition) is 1. The van der Waals surface area contributed by atoms with Crippen LogP contribution in [0.1, 0.15) is 0 Å². The van der Waals surface area contributed by atoms with E-state index in [0.29, 0.717) is 10.2 Å². The van der Waals surface area contributed by atoms with Gasteiger partial charge in [0.05, 0.1) is 15.0 Å². The zero-order chi connectivity index (χ0) is 14.9. The molecule has 9 heteroatoms. The summed E-state index contributed by atoms with van der Waals surface area (Å²) in [5.41, 5.74) is 0.0512. The summed E-state index contributed by atoms with van der Waals surface area (Å²) in [6.45, 7) is 0. The molecule has 1 aromatic heterocycles. The number of rotatable bonds is 3. The minimum Gasteiger partial charge on any atom is -0.334 e. The standard InChI is InChI=1S/C11H5BrCl2FN3O2/c12-5-1-9(18(19)20)11(16-4-5)17-6-2-7(13)10(15)8(14)3-6/h1-4H,(H,16,17). The Hall–Kier alpha value is -1.44. The molecule has 0 radical (unpaired) electrons. The van der Waals surface area contributed by atoms with Crippen LogP contribution in [0.5, 0.6) is 0 Å². The van der Waals surface area contributed by atoms with Gasteiger partial charge < -0.3 is 5.32 Å². The van der Waals surface area contributed by atoms with E-state index >= 15 is 0 Å². The first-order valence-corrected chi connectivity index (χ1v) is 6.65. The number of nitro groups is 1. The smallest absolute Gasteiger partial charge is 0.312 e. The van der Waals surface area contributed by atoms with Crippen molar-refractivity contribution in [3.8, 4) is 0 Å². The molecule has 0 unspecified atom stereocenters. The van der Waals surface area contributed by atoms with Gasteiger partial charge in [-0.1, -0.05) is 23.2 Å². The van der Waals surface area contributed by atoms with Crippen molar-refractivity contribution in [2.45, 2.75) is 0 Å². The molecule has 104 valence electrons. The third-order valence-corrected chi connectivity index (χ3v) is 3.26. The first-order chi connectivity index (χ1) is 9.38. The zero-order valence-electron chi connectivity index (χ0n) is 9.53. The molecule has 0 saturated carbocycles. The summed E-state index contributed by atoms with van der Waals surface area (Å²) in [7, 11) is 0. The van der Waals surface area contributed by atoms with Crippen molar-refractivity contribution < 1.29 is 9.31 Å². The van der Waals surface area contributed by atoms with Crippen LogP contribution in [0.2, 0.25) is 10.0 Å². The summed E-state index contributed by atoms with van der Waals surface area (Å²) < 4.78 is 13.8. The van der Waals surface area contributed by atoms with Crippen LogP contribution in [-0.4, -0.2) is 9.91 Å². The van der Waals surface area contributed by atoms with Gasteiger partial charge in [-0.2, -0.15) is 0 Å². The Balaban J connectivity index is 2.42. The molecule has 0 fully saturated rings. The normalized spacial score (nSPS) is 10.4. The van der Waals surface area contributed by atoms with Gasteiger partial charge in [-0.25, -0.2) is 9.37 Å². The monoisotopic (exact) mass is 379 g/mol. The predicted molar refractivity (Wildman–Crippen MR) is 78.3 cm³/mol. The first-order valence-electron chi connectivity index (χ1n) is 5.10. The van der Waals surface area contributed by atoms with Gasteiger partial charge in [-0.3, -0.25) is 10.1 Å². The Morgan fingerprint density at radius 3 is 2.45 bits per heavy atom. The summed E-state index contributed by atoms with van der Waals surface area (Å²) in [5, 5.41) is 13.2. The van der Waals surface area contributed by atoms with Gasteiger partial charge in [0.25, 0.3) is 0 Å². The highest BCUT2D eigenvalue weighted by atomic mass is 79.9. The van der Waals surface area contributed by atoms with Gasteiger partial charge in [-0.05, 0) is 28.1 Å². The van der Waals surface area contributed by atoms with Crippen LogP contribution in [0.3, 0.4) is 0 Å². The van der Waals surface area contributed by atoms with Gasteiger partial charge >= 0.3 is 5.69 Å². The number of hydrogen-bond acceptors (Lipinski definition) is 4. The molecule has 1 N–H and O–H groups in total. The highest BCUT2D eigenvalue weighted by Crippen LogP contribution is 2.32. The van der Waals surface area contributed by atoms with Crippen LogP contribution in [0.25, 0.3) is 0 Å². The molecule has 0 saturated heterocycles. The topological polar surface area (TPSA) is 68.1 Å². The minimum absolute atomic E-state index is 0.00283. The van der Waals surface area contributed by atoms with Gasteiger partial charge in [0.15, 0.2) is 5.82 Å². The van der Waals surface area contributed by atoms with E-state index in [4.69, 9.17) is 23.2 Å². The summed E-state index contributed by atoms with van der Waals surface area (Å²) in [4.78, 5) is 14.3. The second-order valence-corrected chi connectivity index (χ2v) is 5.39. The minimum atomic E-state index is -0.753. The van der Waals surface area contributed by atoms with Crippen molar-refractivity contribution in [3.05, 3.63) is 54.8 Å². The van der Waals surface area contributed by atoms with Crippen molar-refractivity contribution in [1.82, 2.24) is 4.98 Å². The van der Waals surface area contributed by atoms with Crippen molar-refractivity contribution in [2.75, 3.05) is 5.32 Å². The Kier molecular flexibility index (Phi) is 4.42. The Bertz CT molecular complexity index is 676. The van der Waals surface area contributed by atoms with Crippen LogP contribution in [0.15, 0.2) is 28.9 Å². The molecule has 0 spiro atoms. The number of aromatic nitrogens is 1. The average molecular weight is 381 g/mol. The third-order valence-electron chi connectivity index (χ3n) is 2.28. The van der Waals surface area contributed by atoms with Crippen molar-refractivity contribution >= 4 is 56.3 Å². The van der Waals surface area contributed by atoms with E-state index in [1.165, 1.54) is 24.4 Å². The number of pyridine rings is 1. The molecule has 2 rings (SSSR count). The molecule has 0 bridgehead atoms. The number of anilines is 2. The predicted octanol–water partition coefficient (Wildman–Crippen LogP) is 4.94. The Morgan fingerprint density at radius 1 is 1.30 bits per heavy atom. The molecule has 0 amide bonds. The zero-order valence-corrected chi connectivity index (χ0v) is 12.6. The molecule has 20 heavy (non-hydrogen) atoms. The number of nitrogens with zero attached hydrogens (tertiary/aromatic N) is 2. The fourth-order valence-corrected chi connectivity index (χ4v) is 2.23. The van der Waals surface area contributed by atoms with Gasteiger partial charge in [0.1, 0.15) is 0 Å². The molecule has 1 heterocycles. The molecule has 5 nitrogen and oxygen atoms in total. The number of benzene rings is 1. The van der Waals surface area contributed by atoms with E-state index in [9.17, 15) is 14.5 Å². The Morgan fingerprint density at radius 2 is 1.90 bits per heavy atom. The van der Waals surface area contributed by atoms with Crippen LogP contribution >= 0.6 is 39.1 Å². The fourth-order valence-electron chi connectivity index (χ4n) is 1.43. The van der Waals surface area contributed by atoms with E-state index in [1.807, 2.05) is 0 Å². The van der Waals surface area contributed by atoms with Crippen molar-refractivity contribution in [3.63, 3.8) is 0 Å². The lowest BCUT2D eigenvalue weighted by molar-refractivity contribution is -0.384. The van der Waals surface area contributed by atoms with Gasteiger partial charge in [0.2, 0.25) is 5.82 Å². The second kappa shape index (κ2) is 5.90. The van der Waals surface area contributed by atoms with E-state index in [-0.39, 0.29) is 21.6 Å². The van der Waals surface area contributed by atoms with Crippen molar-refractivity contribution in [2.24, 2.45) is 0 Å². The number of nitrogens with one attached hydrogen (secondary N) is 1. The van der Waals surface area contributed by atoms with Gasteiger partial charge in [0, 0.05) is 22.4 Å². The molecule has 0 aliphatic rings. The highest BCUT2D eigenvalue weighted by molar-refractivity contribution is 9.10. The maximum absolute atomic E-state index is 13.3. The maximum atomic E-state index is 13.3. The number of halogens is 4. The van der Waals surface area contributed by atoms with E-state index < -0.39 is 10.7 Å². The lowest BCUT2D eigenvalue weighted by Crippen LogP contribution is -2.00. The molecule has 2 aromatic rings. The lowest BCUT2D eigenvalue weighted by atomic mass is 10.3. The Labute approximate surface area is 131 Å². The molecular weight excluding hydrogens is 376 g/mol. The quantitative estimate of drug-likeness (QED) is 0.465. The van der Waals surface area contributed by atoms with Crippen molar-refractivity contribution in [1.29, 1.82) is 0 Å². The van der Waals surface area contributed by atoms with Crippen LogP contribution in [0, 0.1) is 15.9 Å². The average Bonchev–Trinajstić information content (AvgIpc) is 2.37. The largest absolute Gasteiger partial charge is 0.334 e. The second-order valence-electron chi connectivity index (χ2n) is 3.66. The molecule has 0 atom stereocenters. The molecule has 1 aromatic carbocycles. The first kappa shape index (κ1) is 15.0. The van der Waals surface area contributed by atoms with E-state index in [0.717, 1.165) is 0 Å². The summed E-state index contributed by atoms with van der Waals surface area (Å²) in [6.07, 6.45) is 1.39. The molecule has 0 aliphatic carbocycles. The van der Waals surface area contributed by atoms with E-state index in [2.05, 4.69) is 26.2 Å². The van der Waals surface area contributed by atoms with Crippen LogP contribution in [0.4, 0.5) is 21.6 Å². The van der Waals surface area contributed by atoms with E-state index in [1.54, 1.807) is 0 Å². The maximum Gasteiger partial charge on any atom is 0.312 e. The van der Waals surface area contributed by atoms with Crippen LogP contribution in [-0.2, 0) is 0 Å². The molecular formula is C11H5BrCl2FN3O2. The molecule has 0 aliphatic heterocycles. The SMILES string of the molecule is O=[N+]([O-])c1cc(Br)cnc1Nc1cc(Cl)c(F)c(Cl)c1. The fraction of sp³-hybridized carbons (Fsp3) is 0. The summed E-state index contributed by atoms with van der Waals surface area (Å²) in [5.74, 6) is -0.755. The summed E-state index contributed by atoms with van der Waals surface area (Å²) in [6, 6.07) is 3.81. The highest BCUT2D eigenvalue weighted by Gasteiger charge is 2.17. The lowest BCUT2D eigenvalue weighted by Gasteiger charge is -2.08. The van der Waals surface area contributed by atoms with Gasteiger partial charge in [-0.15, -0.1) is 0 Å². The van der Waals surface area contributed by atoms with Crippen LogP contribution < -0.4 is 5.32 Å². The summed E-state index contributed by atoms with van der Waals surface area (Å²) >= 11 is 14.4. The third kappa shape index (κ3) is 3.17.